The third kappa shape index (κ3) is 7.57. The molecule has 0 N–H and O–H groups in total. The van der Waals surface area contributed by atoms with E-state index in [0.717, 1.165) is 6.42 Å². The van der Waals surface area contributed by atoms with Gasteiger partial charge in [-0.25, -0.2) is 0 Å². The molecule has 0 aromatic rings. The third-order valence-electron chi connectivity index (χ3n) is 2.03. The second kappa shape index (κ2) is 7.84. The van der Waals surface area contributed by atoms with Crippen LogP contribution in [0.4, 0.5) is 0 Å². The summed E-state index contributed by atoms with van der Waals surface area (Å²) in [5, 5.41) is 10.3. The average Bonchev–Trinajstić information content (AvgIpc) is 2.10. The molecule has 0 aliphatic carbocycles. The summed E-state index contributed by atoms with van der Waals surface area (Å²) in [7, 11) is 0. The zero-order chi connectivity index (χ0) is 10.1. The van der Waals surface area contributed by atoms with Gasteiger partial charge in [-0.15, -0.1) is 0 Å². The number of carbonyl (C=O) groups excluding carboxylic acids is 1. The molecule has 0 aromatic carbocycles. The largest absolute Gasteiger partial charge is 0.550 e. The van der Waals surface area contributed by atoms with E-state index in [1.807, 2.05) is 6.08 Å². The summed E-state index contributed by atoms with van der Waals surface area (Å²) < 4.78 is 0. The molecule has 1 unspecified atom stereocenters. The highest BCUT2D eigenvalue weighted by Crippen LogP contribution is 2.04. The minimum atomic E-state index is -0.960. The Morgan fingerprint density at radius 2 is 2.08 bits per heavy atom. The SMILES string of the molecule is CCCCCC=CCC(C)C(=O)[O-]. The Morgan fingerprint density at radius 3 is 2.62 bits per heavy atom. The molecular formula is C11H19O2-. The summed E-state index contributed by atoms with van der Waals surface area (Å²) in [5.41, 5.74) is 0. The average molecular weight is 183 g/mol. The summed E-state index contributed by atoms with van der Waals surface area (Å²) in [5.74, 6) is -1.32. The normalized spacial score (nSPS) is 13.4. The summed E-state index contributed by atoms with van der Waals surface area (Å²) in [6, 6.07) is 0. The molecule has 0 rings (SSSR count). The molecule has 13 heavy (non-hydrogen) atoms. The first-order valence-corrected chi connectivity index (χ1v) is 5.04. The van der Waals surface area contributed by atoms with E-state index in [1.54, 1.807) is 6.92 Å². The fourth-order valence-corrected chi connectivity index (χ4v) is 1.03. The molecule has 0 heterocycles. The first-order chi connectivity index (χ1) is 6.18. The van der Waals surface area contributed by atoms with Crippen molar-refractivity contribution in [2.45, 2.75) is 46.0 Å². The molecule has 1 atom stereocenters. The fraction of sp³-hybridized carbons (Fsp3) is 0.727. The Morgan fingerprint density at radius 1 is 1.38 bits per heavy atom. The number of carboxylic acid groups (broad SMARTS) is 1. The van der Waals surface area contributed by atoms with Crippen LogP contribution in [0.25, 0.3) is 0 Å². The van der Waals surface area contributed by atoms with Crippen LogP contribution in [0, 0.1) is 5.92 Å². The van der Waals surface area contributed by atoms with Crippen LogP contribution in [0.1, 0.15) is 46.0 Å². The second-order valence-corrected chi connectivity index (χ2v) is 3.42. The highest BCUT2D eigenvalue weighted by atomic mass is 16.4. The summed E-state index contributed by atoms with van der Waals surface area (Å²) in [6.07, 6.45) is 9.34. The van der Waals surface area contributed by atoms with Gasteiger partial charge >= 0.3 is 0 Å². The van der Waals surface area contributed by atoms with E-state index < -0.39 is 5.97 Å². The van der Waals surface area contributed by atoms with Gasteiger partial charge in [-0.1, -0.05) is 38.8 Å². The number of allylic oxidation sites excluding steroid dienone is 2. The molecule has 0 fully saturated rings. The standard InChI is InChI=1S/C11H20O2/c1-3-4-5-6-7-8-9-10(2)11(12)13/h7-8,10H,3-6,9H2,1-2H3,(H,12,13)/p-1. The van der Waals surface area contributed by atoms with Gasteiger partial charge in [-0.3, -0.25) is 0 Å². The molecule has 0 aliphatic heterocycles. The van der Waals surface area contributed by atoms with E-state index in [0.29, 0.717) is 6.42 Å². The lowest BCUT2D eigenvalue weighted by molar-refractivity contribution is -0.310. The van der Waals surface area contributed by atoms with Crippen LogP contribution in [0.15, 0.2) is 12.2 Å². The van der Waals surface area contributed by atoms with Crippen molar-refractivity contribution in [3.8, 4) is 0 Å². The van der Waals surface area contributed by atoms with Crippen LogP contribution in [0.5, 0.6) is 0 Å². The predicted molar refractivity (Wildman–Crippen MR) is 52.1 cm³/mol. The van der Waals surface area contributed by atoms with Crippen molar-refractivity contribution >= 4 is 5.97 Å². The van der Waals surface area contributed by atoms with Crippen LogP contribution in [0.3, 0.4) is 0 Å². The van der Waals surface area contributed by atoms with Crippen LogP contribution in [-0.4, -0.2) is 5.97 Å². The summed E-state index contributed by atoms with van der Waals surface area (Å²) in [6.45, 7) is 3.84. The number of carboxylic acids is 1. The Hall–Kier alpha value is -0.790. The second-order valence-electron chi connectivity index (χ2n) is 3.42. The Kier molecular flexibility index (Phi) is 7.36. The highest BCUT2D eigenvalue weighted by molar-refractivity contribution is 5.67. The van der Waals surface area contributed by atoms with Gasteiger partial charge in [0.1, 0.15) is 0 Å². The van der Waals surface area contributed by atoms with Crippen LogP contribution < -0.4 is 5.11 Å². The van der Waals surface area contributed by atoms with Crippen molar-refractivity contribution < 1.29 is 9.90 Å². The maximum Gasteiger partial charge on any atom is 0.0445 e. The predicted octanol–water partition coefficient (Wildman–Crippen LogP) is 1.90. The third-order valence-corrected chi connectivity index (χ3v) is 2.03. The minimum Gasteiger partial charge on any atom is -0.550 e. The van der Waals surface area contributed by atoms with E-state index in [9.17, 15) is 9.90 Å². The Labute approximate surface area is 80.7 Å². The highest BCUT2D eigenvalue weighted by Gasteiger charge is 1.97. The summed E-state index contributed by atoms with van der Waals surface area (Å²) >= 11 is 0. The smallest absolute Gasteiger partial charge is 0.0445 e. The maximum atomic E-state index is 10.3. The molecule has 0 radical (unpaired) electrons. The number of carbonyl (C=O) groups is 1. The van der Waals surface area contributed by atoms with Gasteiger partial charge in [0.15, 0.2) is 0 Å². The zero-order valence-corrected chi connectivity index (χ0v) is 8.58. The van der Waals surface area contributed by atoms with E-state index >= 15 is 0 Å². The molecule has 0 aromatic heterocycles. The molecule has 2 nitrogen and oxygen atoms in total. The Bertz CT molecular complexity index is 161. The van der Waals surface area contributed by atoms with Crippen molar-refractivity contribution in [2.24, 2.45) is 5.92 Å². The minimum absolute atomic E-state index is 0.359. The molecular weight excluding hydrogens is 164 g/mol. The molecule has 0 spiro atoms. The van der Waals surface area contributed by atoms with Crippen molar-refractivity contribution in [1.29, 1.82) is 0 Å². The molecule has 0 bridgehead atoms. The Balaban J connectivity index is 3.35. The van der Waals surface area contributed by atoms with Gasteiger partial charge in [0.05, 0.1) is 0 Å². The van der Waals surface area contributed by atoms with E-state index in [-0.39, 0.29) is 5.92 Å². The van der Waals surface area contributed by atoms with Crippen molar-refractivity contribution in [3.05, 3.63) is 12.2 Å². The first-order valence-electron chi connectivity index (χ1n) is 5.04. The van der Waals surface area contributed by atoms with Crippen LogP contribution >= 0.6 is 0 Å². The van der Waals surface area contributed by atoms with Gasteiger partial charge < -0.3 is 9.90 Å². The molecule has 0 aliphatic rings. The molecule has 0 saturated heterocycles. The fourth-order valence-electron chi connectivity index (χ4n) is 1.03. The van der Waals surface area contributed by atoms with Crippen molar-refractivity contribution in [2.75, 3.05) is 0 Å². The zero-order valence-electron chi connectivity index (χ0n) is 8.58. The van der Waals surface area contributed by atoms with E-state index in [4.69, 9.17) is 0 Å². The van der Waals surface area contributed by atoms with Crippen LogP contribution in [-0.2, 0) is 4.79 Å². The van der Waals surface area contributed by atoms with Gasteiger partial charge in [0.2, 0.25) is 0 Å². The topological polar surface area (TPSA) is 40.1 Å². The van der Waals surface area contributed by atoms with E-state index in [1.165, 1.54) is 19.3 Å². The maximum absolute atomic E-state index is 10.3. The summed E-state index contributed by atoms with van der Waals surface area (Å²) in [4.78, 5) is 10.3. The van der Waals surface area contributed by atoms with Crippen LogP contribution in [0.2, 0.25) is 0 Å². The number of hydrogen-bond donors (Lipinski definition) is 0. The van der Waals surface area contributed by atoms with Gasteiger partial charge in [0.25, 0.3) is 0 Å². The van der Waals surface area contributed by atoms with Gasteiger partial charge in [-0.2, -0.15) is 0 Å². The van der Waals surface area contributed by atoms with Crippen molar-refractivity contribution in [3.63, 3.8) is 0 Å². The first kappa shape index (κ1) is 12.2. The molecule has 2 heteroatoms. The molecule has 0 saturated carbocycles. The van der Waals surface area contributed by atoms with Gasteiger partial charge in [-0.05, 0) is 25.2 Å². The number of hydrogen-bond acceptors (Lipinski definition) is 2. The lowest BCUT2D eigenvalue weighted by atomic mass is 10.1. The van der Waals surface area contributed by atoms with Gasteiger partial charge in [0, 0.05) is 5.97 Å². The van der Waals surface area contributed by atoms with Crippen molar-refractivity contribution in [1.82, 2.24) is 0 Å². The van der Waals surface area contributed by atoms with E-state index in [2.05, 4.69) is 13.0 Å². The lowest BCUT2D eigenvalue weighted by Gasteiger charge is -2.08. The monoisotopic (exact) mass is 183 g/mol. The molecule has 0 amide bonds. The number of unbranched alkanes of at least 4 members (excludes halogenated alkanes) is 3. The number of aliphatic carboxylic acids is 1. The quantitative estimate of drug-likeness (QED) is 0.446. The number of rotatable bonds is 7. The lowest BCUT2D eigenvalue weighted by Crippen LogP contribution is -2.29. The molecule has 76 valence electrons.